The lowest BCUT2D eigenvalue weighted by Gasteiger charge is -2.14. The first-order chi connectivity index (χ1) is 12.4. The third-order valence-corrected chi connectivity index (χ3v) is 4.80. The number of benzene rings is 2. The minimum Gasteiger partial charge on any atom is -0.452 e. The third kappa shape index (κ3) is 5.36. The van der Waals surface area contributed by atoms with E-state index in [9.17, 15) is 9.59 Å². The molecule has 0 radical (unpaired) electrons. The highest BCUT2D eigenvalue weighted by molar-refractivity contribution is 8.00. The highest BCUT2D eigenvalue weighted by atomic mass is 32.2. The molecule has 2 aromatic rings. The van der Waals surface area contributed by atoms with Gasteiger partial charge in [0.05, 0.1) is 17.0 Å². The summed E-state index contributed by atoms with van der Waals surface area (Å²) in [5.74, 6) is -0.818. The van der Waals surface area contributed by atoms with E-state index in [-0.39, 0.29) is 5.75 Å². The molecule has 6 heteroatoms. The van der Waals surface area contributed by atoms with Gasteiger partial charge in [-0.3, -0.25) is 9.59 Å². The van der Waals surface area contributed by atoms with Crippen molar-refractivity contribution in [3.8, 4) is 6.07 Å². The molecule has 0 saturated carbocycles. The fraction of sp³-hybridized carbons (Fsp3) is 0.250. The summed E-state index contributed by atoms with van der Waals surface area (Å²) in [5.41, 5.74) is 2.96. The molecule has 0 saturated heterocycles. The van der Waals surface area contributed by atoms with Gasteiger partial charge in [0, 0.05) is 4.90 Å². The summed E-state index contributed by atoms with van der Waals surface area (Å²) in [6.45, 7) is 5.48. The van der Waals surface area contributed by atoms with Crippen molar-refractivity contribution in [3.05, 3.63) is 59.2 Å². The molecule has 0 aromatic heterocycles. The smallest absolute Gasteiger partial charge is 0.317 e. The Morgan fingerprint density at radius 3 is 2.69 bits per heavy atom. The fourth-order valence-electron chi connectivity index (χ4n) is 2.21. The Morgan fingerprint density at radius 2 is 1.96 bits per heavy atom. The number of nitrogens with one attached hydrogen (secondary N) is 1. The number of rotatable bonds is 6. The maximum Gasteiger partial charge on any atom is 0.317 e. The van der Waals surface area contributed by atoms with Crippen LogP contribution in [-0.2, 0) is 14.3 Å². The summed E-state index contributed by atoms with van der Waals surface area (Å²) in [6.07, 6.45) is -0.951. The average molecular weight is 368 g/mol. The zero-order valence-electron chi connectivity index (χ0n) is 14.9. The molecular weight excluding hydrogens is 348 g/mol. The Morgan fingerprint density at radius 1 is 1.23 bits per heavy atom. The molecule has 0 unspecified atom stereocenters. The first-order valence-corrected chi connectivity index (χ1v) is 9.09. The highest BCUT2D eigenvalue weighted by Crippen LogP contribution is 2.23. The summed E-state index contributed by atoms with van der Waals surface area (Å²) in [4.78, 5) is 25.2. The van der Waals surface area contributed by atoms with Crippen molar-refractivity contribution in [1.29, 1.82) is 5.26 Å². The number of carbonyl (C=O) groups is 2. The van der Waals surface area contributed by atoms with Gasteiger partial charge in [0.25, 0.3) is 5.91 Å². The fourth-order valence-corrected chi connectivity index (χ4v) is 3.11. The molecule has 1 amide bonds. The van der Waals surface area contributed by atoms with Crippen molar-refractivity contribution >= 4 is 29.3 Å². The van der Waals surface area contributed by atoms with Crippen molar-refractivity contribution in [2.75, 3.05) is 11.1 Å². The lowest BCUT2D eigenvalue weighted by molar-refractivity contribution is -0.150. The van der Waals surface area contributed by atoms with Crippen molar-refractivity contribution in [3.63, 3.8) is 0 Å². The minimum atomic E-state index is -0.951. The molecule has 2 rings (SSSR count). The van der Waals surface area contributed by atoms with Gasteiger partial charge in [-0.2, -0.15) is 5.26 Å². The van der Waals surface area contributed by atoms with Gasteiger partial charge < -0.3 is 10.1 Å². The minimum absolute atomic E-state index is 0.122. The van der Waals surface area contributed by atoms with Crippen LogP contribution in [0.3, 0.4) is 0 Å². The lowest BCUT2D eigenvalue weighted by atomic mass is 10.2. The SMILES string of the molecule is Cc1ccc(C)c(SCC(=O)O[C@@H](C)C(=O)Nc2ccccc2C#N)c1. The van der Waals surface area contributed by atoms with E-state index in [0.29, 0.717) is 11.3 Å². The zero-order chi connectivity index (χ0) is 19.1. The van der Waals surface area contributed by atoms with Crippen LogP contribution < -0.4 is 5.32 Å². The van der Waals surface area contributed by atoms with Gasteiger partial charge in [-0.15, -0.1) is 11.8 Å². The van der Waals surface area contributed by atoms with Gasteiger partial charge in [-0.25, -0.2) is 0 Å². The van der Waals surface area contributed by atoms with Crippen LogP contribution in [0.15, 0.2) is 47.4 Å². The second kappa shape index (κ2) is 9.07. The number of anilines is 1. The predicted octanol–water partition coefficient (Wildman–Crippen LogP) is 3.84. The molecule has 5 nitrogen and oxygen atoms in total. The molecule has 1 atom stereocenters. The van der Waals surface area contributed by atoms with Gasteiger partial charge >= 0.3 is 5.97 Å². The van der Waals surface area contributed by atoms with E-state index >= 15 is 0 Å². The van der Waals surface area contributed by atoms with Crippen molar-refractivity contribution < 1.29 is 14.3 Å². The number of hydrogen-bond acceptors (Lipinski definition) is 5. The molecule has 134 valence electrons. The Hall–Kier alpha value is -2.78. The van der Waals surface area contributed by atoms with Crippen molar-refractivity contribution in [2.45, 2.75) is 31.8 Å². The predicted molar refractivity (Wildman–Crippen MR) is 102 cm³/mol. The van der Waals surface area contributed by atoms with Crippen LogP contribution in [0.2, 0.25) is 0 Å². The molecule has 0 aliphatic carbocycles. The van der Waals surface area contributed by atoms with Crippen molar-refractivity contribution in [1.82, 2.24) is 0 Å². The van der Waals surface area contributed by atoms with Gasteiger partial charge in [-0.1, -0.05) is 29.8 Å². The largest absolute Gasteiger partial charge is 0.452 e. The maximum atomic E-state index is 12.2. The van der Waals surface area contributed by atoms with E-state index in [2.05, 4.69) is 5.32 Å². The summed E-state index contributed by atoms with van der Waals surface area (Å²) < 4.78 is 5.19. The standard InChI is InChI=1S/C20H20N2O3S/c1-13-8-9-14(2)18(10-13)26-12-19(23)25-15(3)20(24)22-17-7-5-4-6-16(17)11-21/h4-10,15H,12H2,1-3H3,(H,22,24)/t15-/m0/s1. The molecule has 0 fully saturated rings. The van der Waals surface area contributed by atoms with Crippen LogP contribution in [0.1, 0.15) is 23.6 Å². The van der Waals surface area contributed by atoms with Crippen LogP contribution in [0.25, 0.3) is 0 Å². The maximum absolute atomic E-state index is 12.2. The molecule has 0 spiro atoms. The number of aryl methyl sites for hydroxylation is 2. The van der Waals surface area contributed by atoms with Gasteiger partial charge in [0.2, 0.25) is 0 Å². The van der Waals surface area contributed by atoms with Gasteiger partial charge in [-0.05, 0) is 44.5 Å². The quantitative estimate of drug-likeness (QED) is 0.619. The lowest BCUT2D eigenvalue weighted by Crippen LogP contribution is -2.30. The first kappa shape index (κ1) is 19.5. The monoisotopic (exact) mass is 368 g/mol. The molecule has 26 heavy (non-hydrogen) atoms. The number of esters is 1. The average Bonchev–Trinajstić information content (AvgIpc) is 2.62. The summed E-state index contributed by atoms with van der Waals surface area (Å²) in [6, 6.07) is 14.7. The molecular formula is C20H20N2O3S. The first-order valence-electron chi connectivity index (χ1n) is 8.10. The van der Waals surface area contributed by atoms with Crippen molar-refractivity contribution in [2.24, 2.45) is 0 Å². The Balaban J connectivity index is 1.89. The van der Waals surface area contributed by atoms with Crippen LogP contribution in [0.4, 0.5) is 5.69 Å². The topological polar surface area (TPSA) is 79.2 Å². The molecule has 2 aromatic carbocycles. The molecule has 0 aliphatic rings. The van der Waals surface area contributed by atoms with Crippen LogP contribution in [0, 0.1) is 25.2 Å². The number of hydrogen-bond donors (Lipinski definition) is 1. The van der Waals surface area contributed by atoms with E-state index in [1.54, 1.807) is 24.3 Å². The second-order valence-electron chi connectivity index (χ2n) is 5.84. The zero-order valence-corrected chi connectivity index (χ0v) is 15.7. The molecule has 1 N–H and O–H groups in total. The summed E-state index contributed by atoms with van der Waals surface area (Å²) >= 11 is 1.38. The number of ether oxygens (including phenoxy) is 1. The van der Waals surface area contributed by atoms with Crippen LogP contribution >= 0.6 is 11.8 Å². The number of para-hydroxylation sites is 1. The number of nitrogens with zero attached hydrogens (tertiary/aromatic N) is 1. The number of nitriles is 1. The van der Waals surface area contributed by atoms with E-state index in [1.165, 1.54) is 18.7 Å². The molecule has 0 bridgehead atoms. The Labute approximate surface area is 157 Å². The van der Waals surface area contributed by atoms with Crippen LogP contribution in [-0.4, -0.2) is 23.7 Å². The highest BCUT2D eigenvalue weighted by Gasteiger charge is 2.19. The third-order valence-electron chi connectivity index (χ3n) is 3.67. The van der Waals surface area contributed by atoms with Crippen LogP contribution in [0.5, 0.6) is 0 Å². The van der Waals surface area contributed by atoms with E-state index < -0.39 is 18.0 Å². The van der Waals surface area contributed by atoms with E-state index in [0.717, 1.165) is 16.0 Å². The second-order valence-corrected chi connectivity index (χ2v) is 6.85. The number of amides is 1. The normalized spacial score (nSPS) is 11.3. The summed E-state index contributed by atoms with van der Waals surface area (Å²) in [7, 11) is 0. The summed E-state index contributed by atoms with van der Waals surface area (Å²) in [5, 5.41) is 11.7. The Bertz CT molecular complexity index is 858. The van der Waals surface area contributed by atoms with E-state index in [4.69, 9.17) is 10.00 Å². The Kier molecular flexibility index (Phi) is 6.81. The van der Waals surface area contributed by atoms with E-state index in [1.807, 2.05) is 38.1 Å². The number of carbonyl (C=O) groups excluding carboxylic acids is 2. The van der Waals surface area contributed by atoms with Gasteiger partial charge in [0.15, 0.2) is 6.10 Å². The van der Waals surface area contributed by atoms with Gasteiger partial charge in [0.1, 0.15) is 6.07 Å². The molecule has 0 aliphatic heterocycles. The molecule has 0 heterocycles. The number of thioether (sulfide) groups is 1.